The van der Waals surface area contributed by atoms with Crippen LogP contribution in [0.1, 0.15) is 10.4 Å². The van der Waals surface area contributed by atoms with E-state index in [1.165, 1.54) is 30.6 Å². The monoisotopic (exact) mass is 397 g/mol. The van der Waals surface area contributed by atoms with Crippen molar-refractivity contribution in [2.24, 2.45) is 0 Å². The van der Waals surface area contributed by atoms with Gasteiger partial charge in [-0.25, -0.2) is 4.98 Å². The number of hydrogen-bond acceptors (Lipinski definition) is 6. The van der Waals surface area contributed by atoms with Gasteiger partial charge in [0.15, 0.2) is 5.13 Å². The van der Waals surface area contributed by atoms with Gasteiger partial charge < -0.3 is 4.74 Å². The lowest BCUT2D eigenvalue weighted by Crippen LogP contribution is -2.12. The maximum absolute atomic E-state index is 12.4. The van der Waals surface area contributed by atoms with Crippen LogP contribution >= 0.6 is 34.5 Å². The van der Waals surface area contributed by atoms with Crippen LogP contribution in [-0.4, -0.2) is 22.9 Å². The van der Waals surface area contributed by atoms with Crippen molar-refractivity contribution in [1.29, 1.82) is 0 Å². The van der Waals surface area contributed by atoms with Crippen molar-refractivity contribution in [3.8, 4) is 5.75 Å². The van der Waals surface area contributed by atoms with Crippen LogP contribution in [0.5, 0.6) is 5.75 Å². The van der Waals surface area contributed by atoms with E-state index >= 15 is 0 Å². The number of rotatable bonds is 4. The summed E-state index contributed by atoms with van der Waals surface area (Å²) >= 11 is 13.2. The van der Waals surface area contributed by atoms with Crippen LogP contribution in [0, 0.1) is 10.1 Å². The Bertz CT molecular complexity index is 1010. The third-order valence-electron chi connectivity index (χ3n) is 3.29. The van der Waals surface area contributed by atoms with Gasteiger partial charge in [0.25, 0.3) is 11.6 Å². The summed E-state index contributed by atoms with van der Waals surface area (Å²) in [5.74, 6) is -0.0942. The molecule has 7 nitrogen and oxygen atoms in total. The lowest BCUT2D eigenvalue weighted by Gasteiger charge is -2.03. The molecule has 2 aromatic carbocycles. The molecule has 0 saturated carbocycles. The number of anilines is 1. The predicted octanol–water partition coefficient (Wildman–Crippen LogP) is 4.77. The molecule has 1 heterocycles. The van der Waals surface area contributed by atoms with Crippen molar-refractivity contribution in [2.45, 2.75) is 0 Å². The molecule has 0 spiro atoms. The van der Waals surface area contributed by atoms with Gasteiger partial charge in [0.1, 0.15) is 5.75 Å². The van der Waals surface area contributed by atoms with Crippen LogP contribution in [0.3, 0.4) is 0 Å². The van der Waals surface area contributed by atoms with Crippen molar-refractivity contribution in [1.82, 2.24) is 4.98 Å². The van der Waals surface area contributed by atoms with Crippen molar-refractivity contribution in [3.05, 3.63) is 56.1 Å². The summed E-state index contributed by atoms with van der Waals surface area (Å²) < 4.78 is 5.91. The van der Waals surface area contributed by atoms with Crippen molar-refractivity contribution in [2.75, 3.05) is 12.4 Å². The van der Waals surface area contributed by atoms with Crippen LogP contribution in [0.25, 0.3) is 10.2 Å². The van der Waals surface area contributed by atoms with Gasteiger partial charge >= 0.3 is 0 Å². The average Bonchev–Trinajstić information content (AvgIpc) is 2.94. The number of methoxy groups -OCH3 is 1. The van der Waals surface area contributed by atoms with E-state index in [2.05, 4.69) is 10.3 Å². The molecule has 0 aliphatic heterocycles. The maximum atomic E-state index is 12.4. The summed E-state index contributed by atoms with van der Waals surface area (Å²) in [5.41, 5.74) is 0.359. The number of nitro groups is 1. The summed E-state index contributed by atoms with van der Waals surface area (Å²) in [7, 11) is 1.50. The van der Waals surface area contributed by atoms with Gasteiger partial charge in [-0.05, 0) is 12.1 Å². The van der Waals surface area contributed by atoms with E-state index in [4.69, 9.17) is 27.9 Å². The van der Waals surface area contributed by atoms with Gasteiger partial charge in [-0.2, -0.15) is 0 Å². The first kappa shape index (κ1) is 17.4. The molecule has 1 N–H and O–H groups in total. The van der Waals surface area contributed by atoms with E-state index in [-0.39, 0.29) is 16.3 Å². The Labute approximate surface area is 155 Å². The number of fused-ring (bicyclic) bond motifs is 1. The fraction of sp³-hybridized carbons (Fsp3) is 0.0667. The van der Waals surface area contributed by atoms with Crippen LogP contribution < -0.4 is 10.1 Å². The number of ether oxygens (including phenoxy) is 1. The number of carbonyl (C=O) groups is 1. The molecule has 0 aliphatic rings. The molecule has 0 aliphatic carbocycles. The number of nitrogens with one attached hydrogen (secondary N) is 1. The lowest BCUT2D eigenvalue weighted by atomic mass is 10.2. The molecule has 0 unspecified atom stereocenters. The summed E-state index contributed by atoms with van der Waals surface area (Å²) in [5, 5.41) is 14.3. The molecular formula is C15H9Cl2N3O4S. The Morgan fingerprint density at radius 3 is 2.72 bits per heavy atom. The molecule has 0 atom stereocenters. The number of halogens is 2. The smallest absolute Gasteiger partial charge is 0.270 e. The lowest BCUT2D eigenvalue weighted by molar-refractivity contribution is -0.384. The number of thiazole rings is 1. The van der Waals surface area contributed by atoms with Gasteiger partial charge in [-0.1, -0.05) is 34.5 Å². The highest BCUT2D eigenvalue weighted by Crippen LogP contribution is 2.34. The Balaban J connectivity index is 1.92. The van der Waals surface area contributed by atoms with E-state index in [0.717, 1.165) is 10.8 Å². The topological polar surface area (TPSA) is 94.4 Å². The van der Waals surface area contributed by atoms with Gasteiger partial charge in [0.2, 0.25) is 0 Å². The van der Waals surface area contributed by atoms with Gasteiger partial charge in [-0.3, -0.25) is 20.2 Å². The second-order valence-corrected chi connectivity index (χ2v) is 6.69. The van der Waals surface area contributed by atoms with E-state index in [1.807, 2.05) is 0 Å². The Kier molecular flexibility index (Phi) is 4.76. The van der Waals surface area contributed by atoms with Gasteiger partial charge in [0.05, 0.1) is 37.9 Å². The SMILES string of the molecule is COc1cc2sc(NC(=O)c3cc([N+](=O)[O-])ccc3Cl)nc2cc1Cl. The molecule has 1 aromatic heterocycles. The minimum absolute atomic E-state index is 0.00858. The van der Waals surface area contributed by atoms with Crippen LogP contribution in [0.15, 0.2) is 30.3 Å². The largest absolute Gasteiger partial charge is 0.495 e. The van der Waals surface area contributed by atoms with E-state index in [0.29, 0.717) is 21.4 Å². The van der Waals surface area contributed by atoms with Crippen molar-refractivity contribution < 1.29 is 14.5 Å². The standard InChI is InChI=1S/C15H9Cl2N3O4S/c1-24-12-6-13-11(5-10(12)17)18-15(25-13)19-14(21)8-4-7(20(22)23)2-3-9(8)16/h2-6H,1H3,(H,18,19,21). The fourth-order valence-corrected chi connectivity index (χ4v) is 3.41. The molecule has 0 fully saturated rings. The molecule has 10 heteroatoms. The van der Waals surface area contributed by atoms with E-state index in [9.17, 15) is 14.9 Å². The van der Waals surface area contributed by atoms with Crippen LogP contribution in [-0.2, 0) is 0 Å². The highest BCUT2D eigenvalue weighted by molar-refractivity contribution is 7.22. The molecule has 0 radical (unpaired) electrons. The summed E-state index contributed by atoms with van der Waals surface area (Å²) in [4.78, 5) is 26.9. The van der Waals surface area contributed by atoms with Crippen LogP contribution in [0.2, 0.25) is 10.0 Å². The molecule has 3 aromatic rings. The van der Waals surface area contributed by atoms with E-state index < -0.39 is 10.8 Å². The third kappa shape index (κ3) is 3.51. The molecule has 0 saturated heterocycles. The first-order valence-electron chi connectivity index (χ1n) is 6.78. The van der Waals surface area contributed by atoms with Crippen molar-refractivity contribution in [3.63, 3.8) is 0 Å². The molecule has 128 valence electrons. The Morgan fingerprint density at radius 2 is 2.04 bits per heavy atom. The zero-order valence-corrected chi connectivity index (χ0v) is 14.9. The third-order valence-corrected chi connectivity index (χ3v) is 4.85. The number of aromatic nitrogens is 1. The Hall–Kier alpha value is -2.42. The number of benzene rings is 2. The first-order chi connectivity index (χ1) is 11.9. The molecule has 25 heavy (non-hydrogen) atoms. The van der Waals surface area contributed by atoms with E-state index in [1.54, 1.807) is 12.1 Å². The van der Waals surface area contributed by atoms with Crippen LogP contribution in [0.4, 0.5) is 10.8 Å². The zero-order chi connectivity index (χ0) is 18.1. The molecule has 1 amide bonds. The quantitative estimate of drug-likeness (QED) is 0.505. The number of carbonyl (C=O) groups excluding carboxylic acids is 1. The number of hydrogen-bond donors (Lipinski definition) is 1. The normalized spacial score (nSPS) is 10.7. The summed E-state index contributed by atoms with van der Waals surface area (Å²) in [6, 6.07) is 6.99. The number of amides is 1. The zero-order valence-electron chi connectivity index (χ0n) is 12.6. The maximum Gasteiger partial charge on any atom is 0.270 e. The minimum Gasteiger partial charge on any atom is -0.495 e. The minimum atomic E-state index is -0.598. The highest BCUT2D eigenvalue weighted by Gasteiger charge is 2.18. The molecule has 3 rings (SSSR count). The molecular weight excluding hydrogens is 389 g/mol. The fourth-order valence-electron chi connectivity index (χ4n) is 2.10. The molecule has 0 bridgehead atoms. The Morgan fingerprint density at radius 1 is 1.28 bits per heavy atom. The highest BCUT2D eigenvalue weighted by atomic mass is 35.5. The number of nitrogens with zero attached hydrogens (tertiary/aromatic N) is 2. The summed E-state index contributed by atoms with van der Waals surface area (Å²) in [6.07, 6.45) is 0. The van der Waals surface area contributed by atoms with Crippen molar-refractivity contribution >= 4 is 61.5 Å². The average molecular weight is 398 g/mol. The number of nitro benzene ring substituents is 1. The summed E-state index contributed by atoms with van der Waals surface area (Å²) in [6.45, 7) is 0. The predicted molar refractivity (Wildman–Crippen MR) is 97.2 cm³/mol. The second-order valence-electron chi connectivity index (χ2n) is 4.85. The number of non-ortho nitro benzene ring substituents is 1. The van der Waals surface area contributed by atoms with Gasteiger partial charge in [0, 0.05) is 18.2 Å². The van der Waals surface area contributed by atoms with Gasteiger partial charge in [-0.15, -0.1) is 0 Å². The first-order valence-corrected chi connectivity index (χ1v) is 8.35. The second kappa shape index (κ2) is 6.83.